The van der Waals surface area contributed by atoms with E-state index >= 15 is 0 Å². The van der Waals surface area contributed by atoms with E-state index in [4.69, 9.17) is 42.5 Å². The maximum absolute atomic E-state index is 14.2. The van der Waals surface area contributed by atoms with Crippen LogP contribution in [0.15, 0.2) is 60.8 Å². The van der Waals surface area contributed by atoms with Crippen LogP contribution in [0.1, 0.15) is 70.4 Å². The number of aryl methyl sites for hydroxylation is 1. The van der Waals surface area contributed by atoms with E-state index in [0.29, 0.717) is 37.2 Å². The van der Waals surface area contributed by atoms with Crippen molar-refractivity contribution in [2.75, 3.05) is 6.26 Å². The highest BCUT2D eigenvalue weighted by Crippen LogP contribution is 2.47. The summed E-state index contributed by atoms with van der Waals surface area (Å²) in [4.78, 5) is 35.4. The topological polar surface area (TPSA) is 152 Å². The van der Waals surface area contributed by atoms with Gasteiger partial charge in [0.05, 0.1) is 12.0 Å². The van der Waals surface area contributed by atoms with Gasteiger partial charge in [-0.05, 0) is 61.4 Å². The maximum atomic E-state index is 14.2. The number of aromatic nitrogens is 1. The van der Waals surface area contributed by atoms with Crippen LogP contribution in [0.5, 0.6) is 0 Å². The second-order valence-electron chi connectivity index (χ2n) is 10.6. The maximum Gasteiger partial charge on any atom is 0.255 e. The van der Waals surface area contributed by atoms with E-state index in [0.717, 1.165) is 37.5 Å². The molecule has 0 spiro atoms. The van der Waals surface area contributed by atoms with Crippen molar-refractivity contribution in [3.8, 4) is 0 Å². The molecule has 43 heavy (non-hydrogen) atoms. The zero-order valence-electron chi connectivity index (χ0n) is 23.7. The molecule has 0 radical (unpaired) electrons. The van der Waals surface area contributed by atoms with Crippen LogP contribution >= 0.6 is 23.2 Å². The molecule has 2 aliphatic rings. The van der Waals surface area contributed by atoms with Crippen LogP contribution in [0, 0.1) is 12.1 Å². The van der Waals surface area contributed by atoms with E-state index in [1.165, 1.54) is 6.20 Å². The van der Waals surface area contributed by atoms with E-state index in [1.54, 1.807) is 41.3 Å². The van der Waals surface area contributed by atoms with Crippen LogP contribution in [0.3, 0.4) is 0 Å². The minimum absolute atomic E-state index is 0.133. The lowest BCUT2D eigenvalue weighted by atomic mass is 9.76. The molecule has 3 aromatic rings. The summed E-state index contributed by atoms with van der Waals surface area (Å²) >= 11 is 11.1. The third-order valence-electron chi connectivity index (χ3n) is 7.62. The Kier molecular flexibility index (Phi) is 11.2. The van der Waals surface area contributed by atoms with Gasteiger partial charge < -0.3 is 20.4 Å². The number of halogens is 2. The van der Waals surface area contributed by atoms with E-state index in [1.807, 2.05) is 25.1 Å². The van der Waals surface area contributed by atoms with Gasteiger partial charge in [-0.1, -0.05) is 70.9 Å². The van der Waals surface area contributed by atoms with Crippen molar-refractivity contribution in [3.63, 3.8) is 0 Å². The van der Waals surface area contributed by atoms with E-state index in [-0.39, 0.29) is 24.6 Å². The molecule has 0 bridgehead atoms. The molecule has 1 aliphatic carbocycles. The molecule has 2 amide bonds. The fraction of sp³-hybridized carbons (Fsp3) is 0.367. The summed E-state index contributed by atoms with van der Waals surface area (Å²) in [7, 11) is 0. The number of carbonyl (C=O) groups is 2. The number of fused-ring (bicyclic) bond motifs is 1. The Hall–Kier alpha value is -3.06. The van der Waals surface area contributed by atoms with E-state index in [2.05, 4.69) is 5.48 Å². The molecule has 13 heteroatoms. The van der Waals surface area contributed by atoms with Gasteiger partial charge >= 0.3 is 0 Å². The highest BCUT2D eigenvalue weighted by Gasteiger charge is 2.48. The molecule has 0 saturated heterocycles. The van der Waals surface area contributed by atoms with Crippen LogP contribution < -0.4 is 15.9 Å². The Balaban J connectivity index is 0.000000996. The Morgan fingerprint density at radius 1 is 1.14 bits per heavy atom. The second-order valence-corrected chi connectivity index (χ2v) is 12.2. The number of carbonyl (C=O) groups excluding carboxylic acids is 2. The minimum atomic E-state index is -1.86. The summed E-state index contributed by atoms with van der Waals surface area (Å²) in [5, 5.41) is 12.8. The van der Waals surface area contributed by atoms with Crippen molar-refractivity contribution in [2.45, 2.75) is 63.3 Å². The number of pyridine rings is 1. The first-order valence-electron chi connectivity index (χ1n) is 13.7. The van der Waals surface area contributed by atoms with E-state index < -0.39 is 28.9 Å². The fourth-order valence-corrected chi connectivity index (χ4v) is 6.26. The molecule has 10 nitrogen and oxygen atoms in total. The highest BCUT2D eigenvalue weighted by molar-refractivity contribution is 7.78. The Bertz CT molecular complexity index is 1510. The summed E-state index contributed by atoms with van der Waals surface area (Å²) in [5.41, 5.74) is 12.0. The molecule has 230 valence electrons. The number of nitrogens with one attached hydrogen (secondary N) is 1. The van der Waals surface area contributed by atoms with Gasteiger partial charge in [0, 0.05) is 39.8 Å². The summed E-state index contributed by atoms with van der Waals surface area (Å²) in [5.74, 6) is -1.51. The minimum Gasteiger partial charge on any atom is -0.773 e. The number of benzene rings is 2. The van der Waals surface area contributed by atoms with Gasteiger partial charge in [-0.2, -0.15) is 4.73 Å². The van der Waals surface area contributed by atoms with Crippen molar-refractivity contribution >= 4 is 46.1 Å². The van der Waals surface area contributed by atoms with Crippen molar-refractivity contribution in [3.05, 3.63) is 104 Å². The monoisotopic (exact) mass is 647 g/mol. The van der Waals surface area contributed by atoms with Gasteiger partial charge in [0.2, 0.25) is 5.69 Å². The molecular formula is C30H33Cl2N4O6S-. The van der Waals surface area contributed by atoms with Crippen LogP contribution in [-0.4, -0.2) is 43.8 Å². The average molecular weight is 649 g/mol. The van der Waals surface area contributed by atoms with Crippen LogP contribution in [0.4, 0.5) is 0 Å². The fourth-order valence-electron chi connectivity index (χ4n) is 5.74. The molecule has 5 rings (SSSR count). The lowest BCUT2D eigenvalue weighted by molar-refractivity contribution is -0.616. The third kappa shape index (κ3) is 7.72. The first kappa shape index (κ1) is 32.8. The molecule has 1 fully saturated rings. The summed E-state index contributed by atoms with van der Waals surface area (Å²) in [6.45, 7) is 1.77. The van der Waals surface area contributed by atoms with E-state index in [9.17, 15) is 14.8 Å². The normalized spacial score (nSPS) is 22.2. The first-order valence-corrected chi connectivity index (χ1v) is 16.0. The predicted molar refractivity (Wildman–Crippen MR) is 163 cm³/mol. The lowest BCUT2D eigenvalue weighted by Crippen LogP contribution is -2.57. The van der Waals surface area contributed by atoms with Crippen molar-refractivity contribution in [1.82, 2.24) is 10.4 Å². The number of rotatable bonds is 6. The Morgan fingerprint density at radius 2 is 1.84 bits per heavy atom. The number of nitrogens with zero attached hydrogens (tertiary/aromatic N) is 2. The number of hydrogen-bond donors (Lipinski definition) is 2. The standard InChI is InChI=1S/C29H30Cl2N4O4.CH4O2S/c1-17-9-11-20-22(14-17)29(37)35(25-8-3-2-7-24(25)32)27(21-12-10-18(30)15-23(21)31)26(20)28(36)33-39-16-19-6-4-5-13-34(19)38;1-4(2)3/h4-6,9-15,24-27H,2-3,7-8,16,32H2,1H3,(H,33,36);1H3,(H,2,3)/p-1/t24-,25-,26+,27-;/m0./s1. The first-order chi connectivity index (χ1) is 20.5. The van der Waals surface area contributed by atoms with Crippen molar-refractivity contribution < 1.29 is 27.9 Å². The van der Waals surface area contributed by atoms with Gasteiger partial charge in [0.1, 0.15) is 0 Å². The average Bonchev–Trinajstić information content (AvgIpc) is 2.94. The third-order valence-corrected chi connectivity index (χ3v) is 8.19. The summed E-state index contributed by atoms with van der Waals surface area (Å²) in [6.07, 6.45) is 5.85. The largest absolute Gasteiger partial charge is 0.773 e. The number of amides is 2. The zero-order chi connectivity index (χ0) is 31.3. The number of hydroxylamine groups is 1. The molecule has 1 aliphatic heterocycles. The lowest BCUT2D eigenvalue weighted by Gasteiger charge is -2.48. The quantitative estimate of drug-likeness (QED) is 0.176. The smallest absolute Gasteiger partial charge is 0.255 e. The van der Waals surface area contributed by atoms with Crippen LogP contribution in [0.2, 0.25) is 10.0 Å². The van der Waals surface area contributed by atoms with Gasteiger partial charge in [-0.3, -0.25) is 18.6 Å². The molecule has 2 heterocycles. The molecule has 1 saturated carbocycles. The van der Waals surface area contributed by atoms with Gasteiger partial charge in [-0.15, -0.1) is 0 Å². The second kappa shape index (κ2) is 14.6. The van der Waals surface area contributed by atoms with Gasteiger partial charge in [0.25, 0.3) is 11.8 Å². The molecule has 3 N–H and O–H groups in total. The van der Waals surface area contributed by atoms with Crippen molar-refractivity contribution in [1.29, 1.82) is 0 Å². The number of nitrogens with two attached hydrogens (primary N) is 1. The number of hydrogen-bond acceptors (Lipinski definition) is 7. The molecule has 2 aromatic carbocycles. The van der Waals surface area contributed by atoms with Crippen LogP contribution in [-0.2, 0) is 27.3 Å². The molecule has 1 unspecified atom stereocenters. The Labute approximate surface area is 262 Å². The van der Waals surface area contributed by atoms with Crippen LogP contribution in [0.25, 0.3) is 0 Å². The SMILES string of the molecule is CS(=O)[O-].Cc1ccc2c(c1)C(=O)N([C@H]1CCCC[C@@H]1N)[C@@H](c1ccc(Cl)cc1Cl)[C@@H]2C(=O)NOCc1cccc[n+]1[O-]. The summed E-state index contributed by atoms with van der Waals surface area (Å²) in [6, 6.07) is 14.2. The van der Waals surface area contributed by atoms with Gasteiger partial charge in [0.15, 0.2) is 12.8 Å². The predicted octanol–water partition coefficient (Wildman–Crippen LogP) is 4.23. The Morgan fingerprint density at radius 3 is 2.51 bits per heavy atom. The molecular weight excluding hydrogens is 615 g/mol. The zero-order valence-corrected chi connectivity index (χ0v) is 26.0. The molecule has 5 atom stereocenters. The molecule has 1 aromatic heterocycles. The highest BCUT2D eigenvalue weighted by atomic mass is 35.5. The van der Waals surface area contributed by atoms with Gasteiger partial charge in [-0.25, -0.2) is 5.48 Å². The summed E-state index contributed by atoms with van der Waals surface area (Å²) < 4.78 is 18.7. The van der Waals surface area contributed by atoms with Crippen molar-refractivity contribution in [2.24, 2.45) is 5.73 Å².